The van der Waals surface area contributed by atoms with E-state index < -0.39 is 0 Å². The summed E-state index contributed by atoms with van der Waals surface area (Å²) in [5.74, 6) is 0.363. The summed E-state index contributed by atoms with van der Waals surface area (Å²) in [5, 5.41) is 3.67. The van der Waals surface area contributed by atoms with Crippen LogP contribution >= 0.6 is 0 Å². The Balaban J connectivity index is 0.00000136. The Morgan fingerprint density at radius 1 is 1.11 bits per heavy atom. The molecule has 2 aliphatic rings. The van der Waals surface area contributed by atoms with Crippen molar-refractivity contribution >= 4 is 5.69 Å². The van der Waals surface area contributed by atoms with Gasteiger partial charge in [-0.3, -0.25) is 0 Å². The van der Waals surface area contributed by atoms with E-state index in [4.69, 9.17) is 14.2 Å². The second-order valence-corrected chi connectivity index (χ2v) is 7.09. The number of ether oxygens (including phenoxy) is 3. The lowest BCUT2D eigenvalue weighted by Crippen LogP contribution is -2.51. The average molecular weight is 397 g/mol. The van der Waals surface area contributed by atoms with Crippen molar-refractivity contribution in [3.63, 3.8) is 0 Å². The van der Waals surface area contributed by atoms with Crippen molar-refractivity contribution in [1.29, 1.82) is 0 Å². The predicted molar refractivity (Wildman–Crippen MR) is 112 cm³/mol. The number of methoxy groups -OCH3 is 1. The third kappa shape index (κ3) is 6.69. The Labute approximate surface area is 169 Å². The van der Waals surface area contributed by atoms with Crippen LogP contribution in [0.2, 0.25) is 0 Å². The molecule has 160 valence electrons. The van der Waals surface area contributed by atoms with Crippen LogP contribution in [0.3, 0.4) is 0 Å². The minimum Gasteiger partial charge on any atom is -0.382 e. The van der Waals surface area contributed by atoms with Crippen molar-refractivity contribution in [3.05, 3.63) is 30.1 Å². The van der Waals surface area contributed by atoms with E-state index in [1.54, 1.807) is 19.2 Å². The minimum absolute atomic E-state index is 0.163. The van der Waals surface area contributed by atoms with Gasteiger partial charge >= 0.3 is 0 Å². The van der Waals surface area contributed by atoms with Gasteiger partial charge in [-0.2, -0.15) is 0 Å². The number of nitrogens with one attached hydrogen (secondary N) is 1. The lowest BCUT2D eigenvalue weighted by molar-refractivity contribution is 0.0217. The molecule has 5 nitrogen and oxygen atoms in total. The van der Waals surface area contributed by atoms with Gasteiger partial charge in [-0.15, -0.1) is 0 Å². The molecule has 2 saturated heterocycles. The third-order valence-electron chi connectivity index (χ3n) is 5.39. The highest BCUT2D eigenvalue weighted by Gasteiger charge is 2.41. The van der Waals surface area contributed by atoms with E-state index >= 15 is 0 Å². The van der Waals surface area contributed by atoms with Crippen molar-refractivity contribution < 1.29 is 18.6 Å². The van der Waals surface area contributed by atoms with Crippen LogP contribution in [0.1, 0.15) is 33.1 Å². The summed E-state index contributed by atoms with van der Waals surface area (Å²) in [7, 11) is 1.67. The molecule has 3 unspecified atom stereocenters. The molecule has 0 radical (unpaired) electrons. The molecule has 0 aromatic heterocycles. The Hall–Kier alpha value is -1.21. The molecule has 2 fully saturated rings. The number of rotatable bonds is 10. The molecule has 2 aliphatic heterocycles. The van der Waals surface area contributed by atoms with Gasteiger partial charge in [0.2, 0.25) is 0 Å². The maximum atomic E-state index is 13.7. The number of nitrogens with zero attached hydrogens (tertiary/aromatic N) is 1. The highest BCUT2D eigenvalue weighted by Crippen LogP contribution is 2.34. The summed E-state index contributed by atoms with van der Waals surface area (Å²) in [6.07, 6.45) is 3.35. The van der Waals surface area contributed by atoms with E-state index in [0.717, 1.165) is 38.2 Å². The third-order valence-corrected chi connectivity index (χ3v) is 5.39. The fourth-order valence-electron chi connectivity index (χ4n) is 4.18. The van der Waals surface area contributed by atoms with E-state index in [1.165, 1.54) is 12.5 Å². The smallest absolute Gasteiger partial charge is 0.125 e. The van der Waals surface area contributed by atoms with Crippen LogP contribution in [0.15, 0.2) is 24.3 Å². The van der Waals surface area contributed by atoms with Crippen molar-refractivity contribution in [3.8, 4) is 0 Å². The minimum atomic E-state index is -0.163. The van der Waals surface area contributed by atoms with E-state index in [0.29, 0.717) is 44.4 Å². The fourth-order valence-corrected chi connectivity index (χ4v) is 4.18. The molecule has 6 heteroatoms. The maximum absolute atomic E-state index is 13.7. The number of fused-ring (bicyclic) bond motifs is 1. The Kier molecular flexibility index (Phi) is 10.8. The highest BCUT2D eigenvalue weighted by molar-refractivity contribution is 5.49. The van der Waals surface area contributed by atoms with Gasteiger partial charge in [0.05, 0.1) is 26.4 Å². The molecule has 1 aromatic carbocycles. The van der Waals surface area contributed by atoms with E-state index in [9.17, 15) is 4.39 Å². The van der Waals surface area contributed by atoms with Crippen LogP contribution in [-0.4, -0.2) is 65.3 Å². The van der Waals surface area contributed by atoms with Gasteiger partial charge in [0.15, 0.2) is 0 Å². The number of hydrogen-bond acceptors (Lipinski definition) is 5. The zero-order valence-electron chi connectivity index (χ0n) is 17.7. The molecular formula is C22H37FN2O3. The first-order chi connectivity index (χ1) is 13.8. The predicted octanol–water partition coefficient (Wildman–Crippen LogP) is 3.48. The van der Waals surface area contributed by atoms with Crippen LogP contribution in [0.25, 0.3) is 0 Å². The van der Waals surface area contributed by atoms with E-state index in [1.807, 2.05) is 19.9 Å². The van der Waals surface area contributed by atoms with Crippen molar-refractivity contribution in [2.45, 2.75) is 45.2 Å². The van der Waals surface area contributed by atoms with Gasteiger partial charge in [0.25, 0.3) is 0 Å². The number of piperidine rings is 1. The molecule has 0 saturated carbocycles. The summed E-state index contributed by atoms with van der Waals surface area (Å²) < 4.78 is 29.8. The molecule has 1 N–H and O–H groups in total. The Morgan fingerprint density at radius 3 is 2.61 bits per heavy atom. The van der Waals surface area contributed by atoms with Crippen LogP contribution in [-0.2, 0) is 14.2 Å². The lowest BCUT2D eigenvalue weighted by Gasteiger charge is -2.41. The van der Waals surface area contributed by atoms with Gasteiger partial charge < -0.3 is 24.4 Å². The van der Waals surface area contributed by atoms with Crippen LogP contribution in [0.5, 0.6) is 0 Å². The fraction of sp³-hybridized carbons (Fsp3) is 0.727. The van der Waals surface area contributed by atoms with Crippen LogP contribution in [0, 0.1) is 11.7 Å². The summed E-state index contributed by atoms with van der Waals surface area (Å²) in [6.45, 7) is 9.19. The van der Waals surface area contributed by atoms with E-state index in [-0.39, 0.29) is 5.82 Å². The molecular weight excluding hydrogens is 359 g/mol. The zero-order chi connectivity index (χ0) is 20.2. The molecule has 1 aromatic rings. The lowest BCUT2D eigenvalue weighted by atomic mass is 9.88. The molecule has 2 heterocycles. The SMILES string of the molecule is CC.COCCOCCOCCC1CNC2CCCN(c3cccc(F)c3)C12. The van der Waals surface area contributed by atoms with Crippen molar-refractivity contribution in [1.82, 2.24) is 5.32 Å². The summed E-state index contributed by atoms with van der Waals surface area (Å²) in [5.41, 5.74) is 1.00. The van der Waals surface area contributed by atoms with Gasteiger partial charge in [0.1, 0.15) is 5.82 Å². The van der Waals surface area contributed by atoms with Crippen molar-refractivity contribution in [2.75, 3.05) is 58.1 Å². The summed E-state index contributed by atoms with van der Waals surface area (Å²) in [4.78, 5) is 2.40. The van der Waals surface area contributed by atoms with Gasteiger partial charge in [-0.25, -0.2) is 4.39 Å². The second-order valence-electron chi connectivity index (χ2n) is 7.09. The highest BCUT2D eigenvalue weighted by atomic mass is 19.1. The quantitative estimate of drug-likeness (QED) is 0.614. The normalized spacial score (nSPS) is 23.9. The Bertz CT molecular complexity index is 546. The van der Waals surface area contributed by atoms with Gasteiger partial charge in [-0.1, -0.05) is 19.9 Å². The molecule has 0 spiro atoms. The molecule has 3 rings (SSSR count). The van der Waals surface area contributed by atoms with Crippen LogP contribution < -0.4 is 10.2 Å². The second kappa shape index (κ2) is 13.1. The van der Waals surface area contributed by atoms with E-state index in [2.05, 4.69) is 10.2 Å². The first-order valence-corrected chi connectivity index (χ1v) is 10.7. The molecule has 0 amide bonds. The number of benzene rings is 1. The maximum Gasteiger partial charge on any atom is 0.125 e. The average Bonchev–Trinajstić information content (AvgIpc) is 3.15. The Morgan fingerprint density at radius 2 is 1.86 bits per heavy atom. The summed E-state index contributed by atoms with van der Waals surface area (Å²) >= 11 is 0. The molecule has 28 heavy (non-hydrogen) atoms. The molecule has 3 atom stereocenters. The monoisotopic (exact) mass is 396 g/mol. The van der Waals surface area contributed by atoms with Crippen LogP contribution in [0.4, 0.5) is 10.1 Å². The van der Waals surface area contributed by atoms with Crippen molar-refractivity contribution in [2.24, 2.45) is 5.92 Å². The summed E-state index contributed by atoms with van der Waals surface area (Å²) in [6, 6.07) is 7.91. The number of hydrogen-bond donors (Lipinski definition) is 1. The first kappa shape index (κ1) is 23.1. The van der Waals surface area contributed by atoms with Gasteiger partial charge in [-0.05, 0) is 43.4 Å². The molecule has 0 aliphatic carbocycles. The number of halogens is 1. The largest absolute Gasteiger partial charge is 0.382 e. The standard InChI is InChI=1S/C20H31FN2O3.C2H6/c1-24-10-11-26-13-12-25-9-7-16-15-22-19-6-3-8-23(20(16)19)18-5-2-4-17(21)14-18;1-2/h2,4-5,14,16,19-20,22H,3,6-13,15H2,1H3;1-2H3. The topological polar surface area (TPSA) is 43.0 Å². The number of anilines is 1. The van der Waals surface area contributed by atoms with Gasteiger partial charge in [0, 0.05) is 44.6 Å². The molecule has 0 bridgehead atoms. The first-order valence-electron chi connectivity index (χ1n) is 10.7. The zero-order valence-corrected chi connectivity index (χ0v) is 17.7.